The minimum absolute atomic E-state index is 0.0934. The third kappa shape index (κ3) is 4.45. The number of aromatic amines is 1. The van der Waals surface area contributed by atoms with Crippen molar-refractivity contribution in [3.8, 4) is 0 Å². The zero-order valence-corrected chi connectivity index (χ0v) is 15.3. The molecule has 1 saturated heterocycles. The molecule has 1 aliphatic heterocycles. The first kappa shape index (κ1) is 20.0. The molecule has 3 N–H and O–H groups in total. The molecule has 11 heteroatoms. The smallest absolute Gasteiger partial charge is 0.330 e. The van der Waals surface area contributed by atoms with Crippen LogP contribution in [0.25, 0.3) is 0 Å². The van der Waals surface area contributed by atoms with Gasteiger partial charge in [0.1, 0.15) is 12.2 Å². The van der Waals surface area contributed by atoms with Gasteiger partial charge < -0.3 is 14.4 Å². The Morgan fingerprint density at radius 1 is 1.56 bits per heavy atom. The molecule has 1 aromatic heterocycles. The number of nitrogens with one attached hydrogen (secondary N) is 2. The Morgan fingerprint density at radius 2 is 2.20 bits per heavy atom. The SMILES string of the molecule is CC(C)NP(C)(=O)OC[C@H]1O[C@@H](n2ccc(=O)[nH]c2=O)[C@](C)(F)[C@@H]1O. The molecule has 1 unspecified atom stereocenters. The molecular weight excluding hydrogens is 356 g/mol. The lowest BCUT2D eigenvalue weighted by Gasteiger charge is -2.24. The van der Waals surface area contributed by atoms with Crippen molar-refractivity contribution in [1.29, 1.82) is 0 Å². The summed E-state index contributed by atoms with van der Waals surface area (Å²) in [5.41, 5.74) is -3.82. The van der Waals surface area contributed by atoms with Gasteiger partial charge in [0, 0.05) is 25.0 Å². The van der Waals surface area contributed by atoms with Crippen molar-refractivity contribution in [2.75, 3.05) is 13.3 Å². The Hall–Kier alpha value is -1.32. The molecule has 25 heavy (non-hydrogen) atoms. The molecule has 1 fully saturated rings. The van der Waals surface area contributed by atoms with Gasteiger partial charge in [0.05, 0.1) is 6.61 Å². The zero-order valence-electron chi connectivity index (χ0n) is 14.4. The van der Waals surface area contributed by atoms with E-state index in [9.17, 15) is 23.7 Å². The van der Waals surface area contributed by atoms with Gasteiger partial charge in [-0.25, -0.2) is 14.3 Å². The van der Waals surface area contributed by atoms with Crippen LogP contribution in [0.1, 0.15) is 27.0 Å². The maximum atomic E-state index is 14.9. The monoisotopic (exact) mass is 379 g/mol. The Labute approximate surface area is 143 Å². The standard InChI is InChI=1S/C14H23FN3O6P/c1-8(2)17-25(4,22)23-7-9-11(20)14(3,15)12(24-9)18-6-5-10(19)16-13(18)21/h5-6,8-9,11-12,20H,7H2,1-4H3,(H,17,22)(H,16,19,21)/t9-,11-,12-,14-,25?/m1/s1. The fourth-order valence-electron chi connectivity index (χ4n) is 2.68. The molecular formula is C14H23FN3O6P. The second-order valence-corrected chi connectivity index (χ2v) is 8.77. The zero-order chi connectivity index (χ0) is 19.0. The van der Waals surface area contributed by atoms with Crippen molar-refractivity contribution >= 4 is 7.52 Å². The average molecular weight is 379 g/mol. The van der Waals surface area contributed by atoms with Crippen LogP contribution in [0, 0.1) is 0 Å². The summed E-state index contributed by atoms with van der Waals surface area (Å²) >= 11 is 0. The molecule has 0 amide bonds. The number of aromatic nitrogens is 2. The van der Waals surface area contributed by atoms with E-state index in [-0.39, 0.29) is 12.6 Å². The Bertz CT molecular complexity index is 776. The van der Waals surface area contributed by atoms with E-state index in [2.05, 4.69) is 5.09 Å². The molecule has 0 aromatic carbocycles. The van der Waals surface area contributed by atoms with Gasteiger partial charge in [-0.15, -0.1) is 0 Å². The number of H-pyrrole nitrogens is 1. The molecule has 0 bridgehead atoms. The summed E-state index contributed by atoms with van der Waals surface area (Å²) in [6, 6.07) is 0.952. The predicted molar refractivity (Wildman–Crippen MR) is 88.5 cm³/mol. The van der Waals surface area contributed by atoms with Gasteiger partial charge in [0.25, 0.3) is 13.1 Å². The molecule has 2 rings (SSSR count). The summed E-state index contributed by atoms with van der Waals surface area (Å²) in [6.45, 7) is 5.70. The lowest BCUT2D eigenvalue weighted by Crippen LogP contribution is -2.43. The highest BCUT2D eigenvalue weighted by Gasteiger charge is 2.55. The van der Waals surface area contributed by atoms with E-state index in [0.29, 0.717) is 0 Å². The Kier molecular flexibility index (Phi) is 5.70. The summed E-state index contributed by atoms with van der Waals surface area (Å²) in [5.74, 6) is 0. The number of ether oxygens (including phenoxy) is 1. The quantitative estimate of drug-likeness (QED) is 0.610. The number of aliphatic hydroxyl groups excluding tert-OH is 1. The summed E-state index contributed by atoms with van der Waals surface area (Å²) in [5, 5.41) is 12.9. The third-order valence-corrected chi connectivity index (χ3v) is 5.43. The van der Waals surface area contributed by atoms with E-state index in [1.807, 2.05) is 4.98 Å². The number of aliphatic hydroxyl groups is 1. The number of hydrogen-bond acceptors (Lipinski definition) is 6. The van der Waals surface area contributed by atoms with Crippen molar-refractivity contribution in [1.82, 2.24) is 14.6 Å². The molecule has 1 aromatic rings. The van der Waals surface area contributed by atoms with Gasteiger partial charge in [0.15, 0.2) is 11.9 Å². The number of alkyl halides is 1. The highest BCUT2D eigenvalue weighted by atomic mass is 31.2. The molecule has 2 heterocycles. The van der Waals surface area contributed by atoms with Crippen LogP contribution >= 0.6 is 7.52 Å². The summed E-state index contributed by atoms with van der Waals surface area (Å²) < 4.78 is 38.7. The van der Waals surface area contributed by atoms with Crippen molar-refractivity contribution in [2.24, 2.45) is 0 Å². The number of nitrogens with zero attached hydrogens (tertiary/aromatic N) is 1. The van der Waals surface area contributed by atoms with Gasteiger partial charge in [0.2, 0.25) is 0 Å². The van der Waals surface area contributed by atoms with Gasteiger partial charge in [-0.2, -0.15) is 0 Å². The maximum Gasteiger partial charge on any atom is 0.330 e. The van der Waals surface area contributed by atoms with E-state index in [0.717, 1.165) is 23.8 Å². The molecule has 1 aliphatic rings. The first-order valence-corrected chi connectivity index (χ1v) is 9.85. The van der Waals surface area contributed by atoms with Crippen LogP contribution in [-0.2, 0) is 13.8 Å². The van der Waals surface area contributed by atoms with Gasteiger partial charge in [-0.05, 0) is 20.8 Å². The molecule has 0 spiro atoms. The van der Waals surface area contributed by atoms with E-state index >= 15 is 0 Å². The lowest BCUT2D eigenvalue weighted by atomic mass is 9.98. The van der Waals surface area contributed by atoms with E-state index in [4.69, 9.17) is 9.26 Å². The number of rotatable bonds is 6. The first-order valence-electron chi connectivity index (χ1n) is 7.78. The Morgan fingerprint density at radius 3 is 2.76 bits per heavy atom. The lowest BCUT2D eigenvalue weighted by molar-refractivity contribution is -0.0585. The summed E-state index contributed by atoms with van der Waals surface area (Å²) in [6.07, 6.45) is -3.13. The second-order valence-electron chi connectivity index (χ2n) is 6.57. The van der Waals surface area contributed by atoms with E-state index < -0.39 is 42.9 Å². The van der Waals surface area contributed by atoms with Crippen LogP contribution in [-0.4, -0.2) is 51.8 Å². The van der Waals surface area contributed by atoms with E-state index in [1.54, 1.807) is 13.8 Å². The minimum Gasteiger partial charge on any atom is -0.387 e. The van der Waals surface area contributed by atoms with Crippen LogP contribution in [0.15, 0.2) is 21.9 Å². The highest BCUT2D eigenvalue weighted by Crippen LogP contribution is 2.43. The number of halogens is 1. The van der Waals surface area contributed by atoms with Crippen LogP contribution in [0.5, 0.6) is 0 Å². The molecule has 0 aliphatic carbocycles. The fraction of sp³-hybridized carbons (Fsp3) is 0.714. The van der Waals surface area contributed by atoms with Crippen LogP contribution in [0.2, 0.25) is 0 Å². The van der Waals surface area contributed by atoms with Crippen molar-refractivity contribution < 1.29 is 23.3 Å². The molecule has 5 atom stereocenters. The van der Waals surface area contributed by atoms with Crippen molar-refractivity contribution in [2.45, 2.75) is 50.9 Å². The fourth-order valence-corrected chi connectivity index (χ4v) is 4.13. The maximum absolute atomic E-state index is 14.9. The minimum atomic E-state index is -3.16. The molecule has 9 nitrogen and oxygen atoms in total. The van der Waals surface area contributed by atoms with Crippen LogP contribution in [0.4, 0.5) is 4.39 Å². The third-order valence-electron chi connectivity index (χ3n) is 3.80. The first-order chi connectivity index (χ1) is 11.4. The highest BCUT2D eigenvalue weighted by molar-refractivity contribution is 7.56. The van der Waals surface area contributed by atoms with Gasteiger partial charge >= 0.3 is 5.69 Å². The predicted octanol–water partition coefficient (Wildman–Crippen LogP) is 0.361. The average Bonchev–Trinajstić information content (AvgIpc) is 2.67. The Balaban J connectivity index is 2.17. The molecule has 142 valence electrons. The molecule has 0 radical (unpaired) electrons. The number of hydrogen-bond donors (Lipinski definition) is 3. The summed E-state index contributed by atoms with van der Waals surface area (Å²) in [7, 11) is -3.16. The van der Waals surface area contributed by atoms with Gasteiger partial charge in [-0.3, -0.25) is 18.9 Å². The largest absolute Gasteiger partial charge is 0.387 e. The summed E-state index contributed by atoms with van der Waals surface area (Å²) in [4.78, 5) is 25.0. The topological polar surface area (TPSA) is 123 Å². The van der Waals surface area contributed by atoms with E-state index in [1.165, 1.54) is 6.66 Å². The second kappa shape index (κ2) is 7.13. The van der Waals surface area contributed by atoms with Crippen LogP contribution < -0.4 is 16.3 Å². The van der Waals surface area contributed by atoms with Crippen molar-refractivity contribution in [3.05, 3.63) is 33.1 Å². The normalized spacial score (nSPS) is 32.0. The van der Waals surface area contributed by atoms with Crippen molar-refractivity contribution in [3.63, 3.8) is 0 Å². The van der Waals surface area contributed by atoms with Gasteiger partial charge in [-0.1, -0.05) is 0 Å². The molecule has 0 saturated carbocycles. The van der Waals surface area contributed by atoms with Crippen LogP contribution in [0.3, 0.4) is 0 Å².